The van der Waals surface area contributed by atoms with Crippen LogP contribution < -0.4 is 4.90 Å². The largest absolute Gasteiger partial charge is 0.348 e. The zero-order valence-corrected chi connectivity index (χ0v) is 12.0. The summed E-state index contributed by atoms with van der Waals surface area (Å²) in [4.78, 5) is 45.5. The third-order valence-corrected chi connectivity index (χ3v) is 3.64. The Morgan fingerprint density at radius 2 is 1.50 bits per heavy atom. The fraction of sp³-hybridized carbons (Fsp3) is 0.0667. The molecule has 1 aliphatic heterocycles. The van der Waals surface area contributed by atoms with E-state index in [9.17, 15) is 29.8 Å². The van der Waals surface area contributed by atoms with Gasteiger partial charge in [-0.05, 0) is 5.56 Å². The molecule has 0 aromatic heterocycles. The maximum atomic E-state index is 12.2. The van der Waals surface area contributed by atoms with Crippen molar-refractivity contribution in [1.82, 2.24) is 0 Å². The van der Waals surface area contributed by atoms with Gasteiger partial charge in [-0.3, -0.25) is 29.8 Å². The summed E-state index contributed by atoms with van der Waals surface area (Å²) in [5.41, 5.74) is -1.06. The molecule has 1 amide bonds. The van der Waals surface area contributed by atoms with Gasteiger partial charge in [0.25, 0.3) is 11.7 Å². The second-order valence-corrected chi connectivity index (χ2v) is 5.08. The zero-order chi connectivity index (χ0) is 17.4. The molecular weight excluding hydrogens is 318 g/mol. The number of nitrogens with zero attached hydrogens (tertiary/aromatic N) is 3. The molecule has 9 nitrogen and oxygen atoms in total. The van der Waals surface area contributed by atoms with Crippen LogP contribution in [0.2, 0.25) is 0 Å². The van der Waals surface area contributed by atoms with Crippen LogP contribution >= 0.6 is 0 Å². The molecule has 0 aliphatic carbocycles. The molecule has 0 bridgehead atoms. The highest BCUT2D eigenvalue weighted by atomic mass is 16.6. The van der Waals surface area contributed by atoms with E-state index in [0.29, 0.717) is 5.56 Å². The highest BCUT2D eigenvalue weighted by molar-refractivity contribution is 6.52. The number of ketones is 1. The molecule has 2 aromatic carbocycles. The third kappa shape index (κ3) is 2.37. The number of nitro groups is 2. The first-order valence-electron chi connectivity index (χ1n) is 6.77. The van der Waals surface area contributed by atoms with Crippen LogP contribution in [0.3, 0.4) is 0 Å². The van der Waals surface area contributed by atoms with E-state index in [4.69, 9.17) is 0 Å². The van der Waals surface area contributed by atoms with E-state index in [1.165, 1.54) is 0 Å². The Bertz CT molecular complexity index is 894. The summed E-state index contributed by atoms with van der Waals surface area (Å²) in [6.07, 6.45) is 0. The predicted molar refractivity (Wildman–Crippen MR) is 81.7 cm³/mol. The molecule has 0 fully saturated rings. The van der Waals surface area contributed by atoms with Gasteiger partial charge in [-0.2, -0.15) is 0 Å². The van der Waals surface area contributed by atoms with E-state index in [-0.39, 0.29) is 17.8 Å². The van der Waals surface area contributed by atoms with Gasteiger partial charge in [-0.25, -0.2) is 0 Å². The lowest BCUT2D eigenvalue weighted by Crippen LogP contribution is -2.29. The molecule has 0 unspecified atom stereocenters. The minimum atomic E-state index is -0.948. The molecule has 3 rings (SSSR count). The fourth-order valence-electron chi connectivity index (χ4n) is 2.53. The summed E-state index contributed by atoms with van der Waals surface area (Å²) in [5, 5.41) is 22.0. The Kier molecular flexibility index (Phi) is 3.53. The van der Waals surface area contributed by atoms with Crippen molar-refractivity contribution >= 4 is 28.8 Å². The Labute approximate surface area is 134 Å². The molecule has 0 N–H and O–H groups in total. The van der Waals surface area contributed by atoms with Crippen molar-refractivity contribution in [2.24, 2.45) is 0 Å². The number of rotatable bonds is 4. The topological polar surface area (TPSA) is 124 Å². The Hall–Kier alpha value is -3.62. The van der Waals surface area contributed by atoms with Gasteiger partial charge >= 0.3 is 11.4 Å². The van der Waals surface area contributed by atoms with Crippen molar-refractivity contribution in [3.63, 3.8) is 0 Å². The first-order chi connectivity index (χ1) is 11.4. The summed E-state index contributed by atoms with van der Waals surface area (Å²) < 4.78 is 0. The number of hydrogen-bond donors (Lipinski definition) is 0. The SMILES string of the molecule is O=C1C(=O)N(Cc2ccccc2)c2cc([N+](=O)[O-])c([N+](=O)[O-])cc21. The van der Waals surface area contributed by atoms with Crippen LogP contribution in [0.4, 0.5) is 17.1 Å². The van der Waals surface area contributed by atoms with Crippen molar-refractivity contribution in [3.05, 3.63) is 73.8 Å². The second-order valence-electron chi connectivity index (χ2n) is 5.08. The number of anilines is 1. The van der Waals surface area contributed by atoms with Gasteiger partial charge < -0.3 is 4.90 Å². The molecule has 1 heterocycles. The number of carbonyl (C=O) groups is 2. The Morgan fingerprint density at radius 3 is 2.08 bits per heavy atom. The normalized spacial score (nSPS) is 13.1. The van der Waals surface area contributed by atoms with Gasteiger partial charge in [0.2, 0.25) is 0 Å². The third-order valence-electron chi connectivity index (χ3n) is 3.64. The summed E-state index contributed by atoms with van der Waals surface area (Å²) in [6.45, 7) is 0.0351. The van der Waals surface area contributed by atoms with E-state index in [2.05, 4.69) is 0 Å². The molecule has 0 radical (unpaired) electrons. The highest BCUT2D eigenvalue weighted by Crippen LogP contribution is 2.39. The highest BCUT2D eigenvalue weighted by Gasteiger charge is 2.40. The lowest BCUT2D eigenvalue weighted by molar-refractivity contribution is -0.422. The van der Waals surface area contributed by atoms with Gasteiger partial charge in [-0.15, -0.1) is 0 Å². The van der Waals surface area contributed by atoms with Gasteiger partial charge in [0, 0.05) is 12.1 Å². The summed E-state index contributed by atoms with van der Waals surface area (Å²) in [6, 6.07) is 10.4. The molecule has 2 aromatic rings. The smallest absolute Gasteiger partial charge is 0.300 e. The first kappa shape index (κ1) is 15.3. The average molecular weight is 327 g/mol. The maximum Gasteiger partial charge on any atom is 0.348 e. The van der Waals surface area contributed by atoms with Crippen LogP contribution in [-0.2, 0) is 11.3 Å². The number of Topliss-reactive ketones (excluding diaryl/α,β-unsaturated/α-hetero) is 1. The van der Waals surface area contributed by atoms with Crippen molar-refractivity contribution in [3.8, 4) is 0 Å². The van der Waals surface area contributed by atoms with E-state index in [0.717, 1.165) is 17.0 Å². The summed E-state index contributed by atoms with van der Waals surface area (Å²) >= 11 is 0. The molecule has 0 atom stereocenters. The number of fused-ring (bicyclic) bond motifs is 1. The summed E-state index contributed by atoms with van der Waals surface area (Å²) in [5.74, 6) is -1.79. The van der Waals surface area contributed by atoms with E-state index in [1.54, 1.807) is 30.3 Å². The first-order valence-corrected chi connectivity index (χ1v) is 6.77. The van der Waals surface area contributed by atoms with E-state index in [1.807, 2.05) is 0 Å². The van der Waals surface area contributed by atoms with Crippen molar-refractivity contribution in [2.45, 2.75) is 6.54 Å². The molecule has 0 saturated heterocycles. The van der Waals surface area contributed by atoms with E-state index >= 15 is 0 Å². The molecule has 0 spiro atoms. The van der Waals surface area contributed by atoms with Crippen LogP contribution in [0.5, 0.6) is 0 Å². The quantitative estimate of drug-likeness (QED) is 0.482. The second kappa shape index (κ2) is 5.54. The predicted octanol–water partition coefficient (Wildman–Crippen LogP) is 2.23. The molecule has 1 aliphatic rings. The van der Waals surface area contributed by atoms with Gasteiger partial charge in [-0.1, -0.05) is 30.3 Å². The van der Waals surface area contributed by atoms with Crippen molar-refractivity contribution in [1.29, 1.82) is 0 Å². The Morgan fingerprint density at radius 1 is 0.917 bits per heavy atom. The lowest BCUT2D eigenvalue weighted by Gasteiger charge is -2.16. The van der Waals surface area contributed by atoms with Gasteiger partial charge in [0.15, 0.2) is 0 Å². The number of benzene rings is 2. The minimum Gasteiger partial charge on any atom is -0.300 e. The van der Waals surface area contributed by atoms with Crippen LogP contribution in [0.25, 0.3) is 0 Å². The van der Waals surface area contributed by atoms with Gasteiger partial charge in [0.05, 0.1) is 27.6 Å². The zero-order valence-electron chi connectivity index (χ0n) is 12.0. The van der Waals surface area contributed by atoms with Crippen LogP contribution in [-0.4, -0.2) is 21.5 Å². The lowest BCUT2D eigenvalue weighted by atomic mass is 10.1. The van der Waals surface area contributed by atoms with E-state index < -0.39 is 32.9 Å². The number of nitro benzene ring substituents is 2. The van der Waals surface area contributed by atoms with Crippen molar-refractivity contribution in [2.75, 3.05) is 4.90 Å². The number of hydrogen-bond acceptors (Lipinski definition) is 6. The van der Waals surface area contributed by atoms with Crippen LogP contribution in [0.15, 0.2) is 42.5 Å². The van der Waals surface area contributed by atoms with Crippen molar-refractivity contribution < 1.29 is 19.4 Å². The summed E-state index contributed by atoms with van der Waals surface area (Å²) in [7, 11) is 0. The molecule has 9 heteroatoms. The number of amides is 1. The monoisotopic (exact) mass is 327 g/mol. The average Bonchev–Trinajstić information content (AvgIpc) is 2.79. The van der Waals surface area contributed by atoms with Crippen LogP contribution in [0.1, 0.15) is 15.9 Å². The maximum absolute atomic E-state index is 12.2. The number of carbonyl (C=O) groups excluding carboxylic acids is 2. The molecule has 0 saturated carbocycles. The standard InChI is InChI=1S/C15H9N3O6/c19-14-10-6-12(17(21)22)13(18(23)24)7-11(10)16(15(14)20)8-9-4-2-1-3-5-9/h1-7H,8H2. The Balaban J connectivity index is 2.13. The molecule has 24 heavy (non-hydrogen) atoms. The molecular formula is C15H9N3O6. The molecule has 120 valence electrons. The fourth-order valence-corrected chi connectivity index (χ4v) is 2.53. The van der Waals surface area contributed by atoms with Crippen LogP contribution in [0, 0.1) is 20.2 Å². The van der Waals surface area contributed by atoms with Gasteiger partial charge in [0.1, 0.15) is 0 Å². The minimum absolute atomic E-state index is 0.00570.